The van der Waals surface area contributed by atoms with E-state index in [-0.39, 0.29) is 0 Å². The molecule has 0 atom stereocenters. The van der Waals surface area contributed by atoms with Gasteiger partial charge < -0.3 is 0 Å². The number of rotatable bonds is 1. The molecule has 32 heavy (non-hydrogen) atoms. The molecule has 0 unspecified atom stereocenters. The van der Waals surface area contributed by atoms with Crippen LogP contribution in [0.5, 0.6) is 0 Å². The molecule has 0 bridgehead atoms. The second kappa shape index (κ2) is 6.49. The Morgan fingerprint density at radius 2 is 1.38 bits per heavy atom. The summed E-state index contributed by atoms with van der Waals surface area (Å²) < 4.78 is 2.11. The Hall–Kier alpha value is -4.02. The summed E-state index contributed by atoms with van der Waals surface area (Å²) in [5, 5.41) is 4.71. The summed E-state index contributed by atoms with van der Waals surface area (Å²) in [4.78, 5) is 14.5. The van der Waals surface area contributed by atoms with Crippen molar-refractivity contribution < 1.29 is 0 Å². The summed E-state index contributed by atoms with van der Waals surface area (Å²) in [5.74, 6) is 0. The van der Waals surface area contributed by atoms with Crippen LogP contribution in [0.25, 0.3) is 60.4 Å². The molecule has 4 heterocycles. The highest BCUT2D eigenvalue weighted by molar-refractivity contribution is 6.37. The number of imidazole rings is 1. The van der Waals surface area contributed by atoms with E-state index in [1.54, 1.807) is 12.4 Å². The van der Waals surface area contributed by atoms with Gasteiger partial charge in [0.1, 0.15) is 5.65 Å². The van der Waals surface area contributed by atoms with Gasteiger partial charge in [-0.3, -0.25) is 14.4 Å². The van der Waals surface area contributed by atoms with E-state index < -0.39 is 0 Å². The van der Waals surface area contributed by atoms with Crippen molar-refractivity contribution in [2.24, 2.45) is 0 Å². The fourth-order valence-corrected chi connectivity index (χ4v) is 5.04. The lowest BCUT2D eigenvalue weighted by molar-refractivity contribution is 1.25. The molecular formula is C27H15ClN4. The van der Waals surface area contributed by atoms with Gasteiger partial charge in [0.2, 0.25) is 0 Å². The average Bonchev–Trinajstić information content (AvgIpc) is 3.24. The van der Waals surface area contributed by atoms with Crippen LogP contribution in [-0.4, -0.2) is 19.4 Å². The molecule has 0 radical (unpaired) electrons. The van der Waals surface area contributed by atoms with Gasteiger partial charge in [-0.25, -0.2) is 4.98 Å². The molecule has 0 fully saturated rings. The number of hydrogen-bond acceptors (Lipinski definition) is 3. The monoisotopic (exact) mass is 430 g/mol. The first-order valence-corrected chi connectivity index (χ1v) is 10.8. The molecule has 7 rings (SSSR count). The molecule has 0 saturated carbocycles. The Balaban J connectivity index is 1.79. The van der Waals surface area contributed by atoms with Gasteiger partial charge in [0.25, 0.3) is 0 Å². The third-order valence-electron chi connectivity index (χ3n) is 6.13. The molecule has 0 spiro atoms. The zero-order valence-corrected chi connectivity index (χ0v) is 17.6. The van der Waals surface area contributed by atoms with E-state index in [4.69, 9.17) is 16.6 Å². The number of hydrogen-bond donors (Lipinski definition) is 0. The lowest BCUT2D eigenvalue weighted by Crippen LogP contribution is -1.92. The summed E-state index contributed by atoms with van der Waals surface area (Å²) in [6, 6.07) is 24.6. The third kappa shape index (κ3) is 2.30. The largest absolute Gasteiger partial charge is 0.297 e. The average molecular weight is 431 g/mol. The van der Waals surface area contributed by atoms with Crippen LogP contribution in [0.15, 0.2) is 91.4 Å². The van der Waals surface area contributed by atoms with E-state index in [2.05, 4.69) is 62.9 Å². The van der Waals surface area contributed by atoms with Crippen LogP contribution in [0.3, 0.4) is 0 Å². The normalized spacial score (nSPS) is 11.9. The number of benzene rings is 3. The zero-order chi connectivity index (χ0) is 21.2. The van der Waals surface area contributed by atoms with Crippen molar-refractivity contribution in [3.8, 4) is 11.1 Å². The molecule has 7 aromatic rings. The first-order chi connectivity index (χ1) is 15.8. The van der Waals surface area contributed by atoms with Gasteiger partial charge in [-0.2, -0.15) is 0 Å². The minimum atomic E-state index is 0.688. The van der Waals surface area contributed by atoms with E-state index >= 15 is 0 Å². The van der Waals surface area contributed by atoms with Gasteiger partial charge in [0.05, 0.1) is 27.1 Å². The minimum Gasteiger partial charge on any atom is -0.297 e. The first kappa shape index (κ1) is 17.6. The van der Waals surface area contributed by atoms with Gasteiger partial charge in [0.15, 0.2) is 0 Å². The summed E-state index contributed by atoms with van der Waals surface area (Å²) >= 11 is 6.85. The van der Waals surface area contributed by atoms with Gasteiger partial charge in [0, 0.05) is 40.1 Å². The minimum absolute atomic E-state index is 0.688. The summed E-state index contributed by atoms with van der Waals surface area (Å²) in [6.45, 7) is 0. The van der Waals surface area contributed by atoms with Crippen molar-refractivity contribution >= 4 is 60.9 Å². The Morgan fingerprint density at radius 1 is 0.656 bits per heavy atom. The molecule has 0 amide bonds. The maximum Gasteiger partial charge on any atom is 0.146 e. The quantitative estimate of drug-likeness (QED) is 0.262. The Labute approximate surface area is 187 Å². The van der Waals surface area contributed by atoms with Crippen molar-refractivity contribution in [1.82, 2.24) is 19.4 Å². The number of aromatic nitrogens is 4. The topological polar surface area (TPSA) is 43.1 Å². The maximum absolute atomic E-state index is 6.85. The Morgan fingerprint density at radius 3 is 2.19 bits per heavy atom. The maximum atomic E-state index is 6.85. The van der Waals surface area contributed by atoms with Crippen molar-refractivity contribution in [2.45, 2.75) is 0 Å². The Bertz CT molecular complexity index is 1840. The lowest BCUT2D eigenvalue weighted by Gasteiger charge is -2.10. The van der Waals surface area contributed by atoms with Crippen LogP contribution in [0.2, 0.25) is 5.02 Å². The second-order valence-electron chi connectivity index (χ2n) is 7.87. The van der Waals surface area contributed by atoms with Crippen LogP contribution >= 0.6 is 11.6 Å². The molecule has 0 aliphatic heterocycles. The van der Waals surface area contributed by atoms with Gasteiger partial charge in [-0.05, 0) is 35.4 Å². The van der Waals surface area contributed by atoms with Gasteiger partial charge >= 0.3 is 0 Å². The van der Waals surface area contributed by atoms with Crippen LogP contribution in [0, 0.1) is 0 Å². The molecule has 150 valence electrons. The molecular weight excluding hydrogens is 416 g/mol. The molecule has 4 aromatic heterocycles. The number of nitrogens with zero attached hydrogens (tertiary/aromatic N) is 4. The molecule has 0 aliphatic rings. The number of fused-ring (bicyclic) bond motifs is 10. The van der Waals surface area contributed by atoms with E-state index in [1.165, 1.54) is 0 Å². The van der Waals surface area contributed by atoms with Crippen molar-refractivity contribution in [1.29, 1.82) is 0 Å². The zero-order valence-electron chi connectivity index (χ0n) is 16.8. The Kier molecular flexibility index (Phi) is 3.58. The lowest BCUT2D eigenvalue weighted by atomic mass is 9.99. The molecule has 0 N–H and O–H groups in total. The first-order valence-electron chi connectivity index (χ1n) is 10.4. The number of pyridine rings is 3. The van der Waals surface area contributed by atoms with Crippen LogP contribution in [0.4, 0.5) is 0 Å². The highest BCUT2D eigenvalue weighted by atomic mass is 35.5. The fourth-order valence-electron chi connectivity index (χ4n) is 4.78. The van der Waals surface area contributed by atoms with Crippen LogP contribution < -0.4 is 0 Å². The summed E-state index contributed by atoms with van der Waals surface area (Å²) in [7, 11) is 0. The smallest absolute Gasteiger partial charge is 0.146 e. The van der Waals surface area contributed by atoms with Crippen LogP contribution in [0.1, 0.15) is 0 Å². The predicted octanol–water partition coefficient (Wildman–Crippen LogP) is 7.06. The molecule has 5 heteroatoms. The van der Waals surface area contributed by atoms with Crippen molar-refractivity contribution in [3.05, 3.63) is 96.4 Å². The molecule has 0 saturated heterocycles. The SMILES string of the molecule is Clc1cn2c(nc3c4cccnc4c4ncccc4c32)c2c(-c3ccccc3)cccc12. The second-order valence-corrected chi connectivity index (χ2v) is 8.28. The standard InChI is InChI=1S/C27H15ClN4/c28-21-15-32-26-20-12-6-14-30-24(20)23-19(11-5-13-29-23)25(26)31-27(32)22-17(9-4-10-18(21)22)16-7-2-1-3-8-16/h1-15H. The van der Waals surface area contributed by atoms with E-state index in [0.29, 0.717) is 5.02 Å². The summed E-state index contributed by atoms with van der Waals surface area (Å²) in [5.41, 5.74) is 6.74. The van der Waals surface area contributed by atoms with E-state index in [0.717, 1.165) is 60.4 Å². The van der Waals surface area contributed by atoms with Crippen molar-refractivity contribution in [3.63, 3.8) is 0 Å². The third-order valence-corrected chi connectivity index (χ3v) is 6.43. The predicted molar refractivity (Wildman–Crippen MR) is 131 cm³/mol. The van der Waals surface area contributed by atoms with Crippen molar-refractivity contribution in [2.75, 3.05) is 0 Å². The molecule has 0 aliphatic carbocycles. The highest BCUT2D eigenvalue weighted by Gasteiger charge is 2.19. The van der Waals surface area contributed by atoms with Crippen LogP contribution in [-0.2, 0) is 0 Å². The van der Waals surface area contributed by atoms with Gasteiger partial charge in [-0.1, -0.05) is 60.1 Å². The summed E-state index contributed by atoms with van der Waals surface area (Å²) in [6.07, 6.45) is 5.58. The van der Waals surface area contributed by atoms with Gasteiger partial charge in [-0.15, -0.1) is 0 Å². The highest BCUT2D eigenvalue weighted by Crippen LogP contribution is 2.39. The molecule has 4 nitrogen and oxygen atoms in total. The fraction of sp³-hybridized carbons (Fsp3) is 0. The van der Waals surface area contributed by atoms with E-state index in [9.17, 15) is 0 Å². The number of halogens is 1. The molecule has 3 aromatic carbocycles. The van der Waals surface area contributed by atoms with E-state index in [1.807, 2.05) is 30.5 Å².